The highest BCUT2D eigenvalue weighted by Gasteiger charge is 2.14. The van der Waals surface area contributed by atoms with Gasteiger partial charge in [-0.15, -0.1) is 0 Å². The monoisotopic (exact) mass is 512 g/mol. The van der Waals surface area contributed by atoms with Gasteiger partial charge in [-0.3, -0.25) is 9.69 Å². The van der Waals surface area contributed by atoms with Gasteiger partial charge in [0, 0.05) is 60.4 Å². The summed E-state index contributed by atoms with van der Waals surface area (Å²) in [5.74, 6) is 1.82. The molecule has 1 aliphatic rings. The zero-order chi connectivity index (χ0) is 26.5. The van der Waals surface area contributed by atoms with E-state index in [1.165, 1.54) is 6.08 Å². The average Bonchev–Trinajstić information content (AvgIpc) is 3.37. The molecule has 9 heteroatoms. The van der Waals surface area contributed by atoms with Crippen molar-refractivity contribution < 1.29 is 14.3 Å². The Balaban J connectivity index is 1.32. The number of hydrogen-bond acceptors (Lipinski definition) is 7. The summed E-state index contributed by atoms with van der Waals surface area (Å²) in [6.45, 7) is 12.4. The van der Waals surface area contributed by atoms with E-state index >= 15 is 0 Å². The standard InChI is InChI=1S/C29H32N6O3/c1-4-27(36)32-25-8-9-26-24(21(25)3)10-11-35(26)28-20(2)19-30-29(33-28)31-22-6-5-7-23(18-22)38-17-14-34-12-15-37-16-13-34/h4-11,18-19H,1,12-17H2,2-3H3,(H,32,36)(H,30,31,33). The SMILES string of the molecule is C=CC(=O)Nc1ccc2c(ccn2-c2nc(Nc3cccc(OCCN4CCOCC4)c3)ncc2C)c1C. The molecule has 0 radical (unpaired) electrons. The normalized spacial score (nSPS) is 13.8. The van der Waals surface area contributed by atoms with Crippen LogP contribution in [0.25, 0.3) is 16.7 Å². The van der Waals surface area contributed by atoms with Gasteiger partial charge in [-0.05, 0) is 55.8 Å². The molecular formula is C29H32N6O3. The smallest absolute Gasteiger partial charge is 0.247 e. The molecule has 5 rings (SSSR count). The molecule has 0 atom stereocenters. The second kappa shape index (κ2) is 11.5. The van der Waals surface area contributed by atoms with Crippen molar-refractivity contribution in [3.63, 3.8) is 0 Å². The molecule has 9 nitrogen and oxygen atoms in total. The van der Waals surface area contributed by atoms with E-state index < -0.39 is 0 Å². The minimum Gasteiger partial charge on any atom is -0.492 e. The molecule has 0 saturated carbocycles. The van der Waals surface area contributed by atoms with Crippen molar-refractivity contribution in [2.24, 2.45) is 0 Å². The van der Waals surface area contributed by atoms with Crippen molar-refractivity contribution in [3.05, 3.63) is 78.6 Å². The predicted octanol–water partition coefficient (Wildman–Crippen LogP) is 4.62. The number of fused-ring (bicyclic) bond motifs is 1. The number of nitrogens with zero attached hydrogens (tertiary/aromatic N) is 4. The summed E-state index contributed by atoms with van der Waals surface area (Å²) in [6.07, 6.45) is 5.06. The molecule has 0 spiro atoms. The number of hydrogen-bond donors (Lipinski definition) is 2. The Bertz CT molecular complexity index is 1460. The third-order valence-electron chi connectivity index (χ3n) is 6.63. The zero-order valence-corrected chi connectivity index (χ0v) is 21.7. The van der Waals surface area contributed by atoms with E-state index in [9.17, 15) is 4.79 Å². The largest absolute Gasteiger partial charge is 0.492 e. The van der Waals surface area contributed by atoms with Gasteiger partial charge in [0.15, 0.2) is 0 Å². The third-order valence-corrected chi connectivity index (χ3v) is 6.63. The molecule has 1 saturated heterocycles. The number of benzene rings is 2. The molecule has 2 N–H and O–H groups in total. The number of aromatic nitrogens is 3. The first kappa shape index (κ1) is 25.4. The highest BCUT2D eigenvalue weighted by Crippen LogP contribution is 2.29. The van der Waals surface area contributed by atoms with Crippen LogP contribution in [0, 0.1) is 13.8 Å². The number of carbonyl (C=O) groups excluding carboxylic acids is 1. The number of rotatable bonds is 9. The Morgan fingerprint density at radius 2 is 2.03 bits per heavy atom. The summed E-state index contributed by atoms with van der Waals surface area (Å²) in [6, 6.07) is 13.7. The number of ether oxygens (including phenoxy) is 2. The van der Waals surface area contributed by atoms with E-state index in [2.05, 4.69) is 27.1 Å². The highest BCUT2D eigenvalue weighted by molar-refractivity contribution is 6.01. The van der Waals surface area contributed by atoms with Crippen molar-refractivity contribution in [1.29, 1.82) is 0 Å². The maximum absolute atomic E-state index is 11.8. The third kappa shape index (κ3) is 5.69. The van der Waals surface area contributed by atoms with Crippen molar-refractivity contribution in [1.82, 2.24) is 19.4 Å². The zero-order valence-electron chi connectivity index (χ0n) is 21.7. The maximum Gasteiger partial charge on any atom is 0.247 e. The van der Waals surface area contributed by atoms with Gasteiger partial charge in [-0.2, -0.15) is 4.98 Å². The Hall–Kier alpha value is -4.21. The molecule has 2 aromatic carbocycles. The molecule has 1 aliphatic heterocycles. The van der Waals surface area contributed by atoms with Crippen molar-refractivity contribution in [3.8, 4) is 11.6 Å². The summed E-state index contributed by atoms with van der Waals surface area (Å²) in [5.41, 5.74) is 4.51. The minimum atomic E-state index is -0.235. The number of amides is 1. The second-order valence-electron chi connectivity index (χ2n) is 9.21. The number of anilines is 3. The van der Waals surface area contributed by atoms with Gasteiger partial charge in [0.1, 0.15) is 18.2 Å². The van der Waals surface area contributed by atoms with Crippen LogP contribution in [0.5, 0.6) is 5.75 Å². The lowest BCUT2D eigenvalue weighted by molar-refractivity contribution is -0.111. The molecule has 196 valence electrons. The first-order valence-corrected chi connectivity index (χ1v) is 12.7. The molecule has 3 heterocycles. The van der Waals surface area contributed by atoms with Crippen LogP contribution in [0.2, 0.25) is 0 Å². The van der Waals surface area contributed by atoms with E-state index in [4.69, 9.17) is 14.5 Å². The van der Waals surface area contributed by atoms with Crippen LogP contribution in [0.15, 0.2) is 67.5 Å². The molecule has 0 bridgehead atoms. The van der Waals surface area contributed by atoms with E-state index in [0.717, 1.165) is 77.8 Å². The van der Waals surface area contributed by atoms with E-state index in [-0.39, 0.29) is 5.91 Å². The first-order valence-electron chi connectivity index (χ1n) is 12.7. The molecule has 38 heavy (non-hydrogen) atoms. The van der Waals surface area contributed by atoms with Gasteiger partial charge in [0.25, 0.3) is 0 Å². The summed E-state index contributed by atoms with van der Waals surface area (Å²) in [7, 11) is 0. The summed E-state index contributed by atoms with van der Waals surface area (Å²) >= 11 is 0. The minimum absolute atomic E-state index is 0.235. The van der Waals surface area contributed by atoms with Crippen molar-refractivity contribution in [2.75, 3.05) is 50.1 Å². The van der Waals surface area contributed by atoms with E-state index in [0.29, 0.717) is 12.6 Å². The topological polar surface area (TPSA) is 93.5 Å². The lowest BCUT2D eigenvalue weighted by Crippen LogP contribution is -2.38. The lowest BCUT2D eigenvalue weighted by Gasteiger charge is -2.26. The van der Waals surface area contributed by atoms with Crippen LogP contribution in [0.1, 0.15) is 11.1 Å². The molecule has 2 aromatic heterocycles. The fraction of sp³-hybridized carbons (Fsp3) is 0.276. The number of carbonyl (C=O) groups is 1. The van der Waals surface area contributed by atoms with Gasteiger partial charge < -0.3 is 24.7 Å². The van der Waals surface area contributed by atoms with Crippen LogP contribution in [-0.2, 0) is 9.53 Å². The Labute approximate surface area is 222 Å². The van der Waals surface area contributed by atoms with Crippen LogP contribution < -0.4 is 15.4 Å². The van der Waals surface area contributed by atoms with Gasteiger partial charge >= 0.3 is 0 Å². The van der Waals surface area contributed by atoms with Crippen LogP contribution in [0.3, 0.4) is 0 Å². The molecule has 1 amide bonds. The number of aryl methyl sites for hydroxylation is 2. The van der Waals surface area contributed by atoms with Gasteiger partial charge in [-0.1, -0.05) is 12.6 Å². The Kier molecular flexibility index (Phi) is 7.67. The number of nitrogens with one attached hydrogen (secondary N) is 2. The molecule has 0 aliphatic carbocycles. The van der Waals surface area contributed by atoms with Crippen LogP contribution >= 0.6 is 0 Å². The van der Waals surface area contributed by atoms with Gasteiger partial charge in [-0.25, -0.2) is 4.98 Å². The maximum atomic E-state index is 11.8. The second-order valence-corrected chi connectivity index (χ2v) is 9.21. The Morgan fingerprint density at radius 1 is 1.18 bits per heavy atom. The van der Waals surface area contributed by atoms with Crippen molar-refractivity contribution in [2.45, 2.75) is 13.8 Å². The molecule has 4 aromatic rings. The fourth-order valence-electron chi connectivity index (χ4n) is 4.52. The Morgan fingerprint density at radius 3 is 2.84 bits per heavy atom. The van der Waals surface area contributed by atoms with Gasteiger partial charge in [0.05, 0.1) is 18.7 Å². The van der Waals surface area contributed by atoms with E-state index in [1.54, 1.807) is 0 Å². The number of morpholine rings is 1. The predicted molar refractivity (Wildman–Crippen MR) is 150 cm³/mol. The highest BCUT2D eigenvalue weighted by atomic mass is 16.5. The molecular weight excluding hydrogens is 480 g/mol. The van der Waals surface area contributed by atoms with E-state index in [1.807, 2.05) is 73.3 Å². The van der Waals surface area contributed by atoms with Gasteiger partial charge in [0.2, 0.25) is 11.9 Å². The van der Waals surface area contributed by atoms with Crippen molar-refractivity contribution >= 4 is 34.1 Å². The average molecular weight is 513 g/mol. The summed E-state index contributed by atoms with van der Waals surface area (Å²) in [4.78, 5) is 23.5. The van der Waals surface area contributed by atoms with Crippen LogP contribution in [-0.4, -0.2) is 64.8 Å². The first-order chi connectivity index (χ1) is 18.5. The summed E-state index contributed by atoms with van der Waals surface area (Å²) < 4.78 is 13.4. The quantitative estimate of drug-likeness (QED) is 0.316. The summed E-state index contributed by atoms with van der Waals surface area (Å²) in [5, 5.41) is 7.20. The molecule has 0 unspecified atom stereocenters. The lowest BCUT2D eigenvalue weighted by atomic mass is 10.1. The van der Waals surface area contributed by atoms with Crippen LogP contribution in [0.4, 0.5) is 17.3 Å². The fourth-order valence-corrected chi connectivity index (χ4v) is 4.52. The molecule has 1 fully saturated rings.